The van der Waals surface area contributed by atoms with Crippen molar-refractivity contribution in [2.24, 2.45) is 0 Å². The molecule has 0 unspecified atom stereocenters. The molecule has 1 N–H and O–H groups in total. The third-order valence-corrected chi connectivity index (χ3v) is 5.16. The van der Waals surface area contributed by atoms with Crippen LogP contribution in [0.15, 0.2) is 24.1 Å². The second kappa shape index (κ2) is 7.04. The Morgan fingerprint density at radius 2 is 1.95 bits per heavy atom. The molecule has 2 aromatic rings. The van der Waals surface area contributed by atoms with Crippen LogP contribution < -0.4 is 5.32 Å². The summed E-state index contributed by atoms with van der Waals surface area (Å²) in [5.41, 5.74) is 0.983. The van der Waals surface area contributed by atoms with Crippen molar-refractivity contribution in [2.75, 3.05) is 11.9 Å². The van der Waals surface area contributed by atoms with Gasteiger partial charge in [0.1, 0.15) is 5.82 Å². The Kier molecular flexibility index (Phi) is 5.63. The van der Waals surface area contributed by atoms with Crippen molar-refractivity contribution in [2.45, 2.75) is 26.7 Å². The molecule has 2 rings (SSSR count). The molecule has 0 radical (unpaired) electrons. The molecule has 0 spiro atoms. The molecule has 0 aliphatic carbocycles. The lowest BCUT2D eigenvalue weighted by molar-refractivity contribution is 0.549. The van der Waals surface area contributed by atoms with Crippen molar-refractivity contribution in [3.63, 3.8) is 0 Å². The van der Waals surface area contributed by atoms with Gasteiger partial charge in [0.15, 0.2) is 16.3 Å². The van der Waals surface area contributed by atoms with Crippen LogP contribution in [0.5, 0.6) is 0 Å². The van der Waals surface area contributed by atoms with Gasteiger partial charge >= 0.3 is 0 Å². The summed E-state index contributed by atoms with van der Waals surface area (Å²) in [7, 11) is 0. The van der Waals surface area contributed by atoms with Crippen LogP contribution in [0, 0.1) is 0 Å². The molecule has 2 heterocycles. The number of furan rings is 1. The van der Waals surface area contributed by atoms with E-state index >= 15 is 0 Å². The molecule has 0 aliphatic heterocycles. The average molecular weight is 468 g/mol. The molecule has 108 valence electrons. The highest BCUT2D eigenvalue weighted by atomic mass is 79.9. The van der Waals surface area contributed by atoms with E-state index < -0.39 is 0 Å². The maximum absolute atomic E-state index is 5.61. The fourth-order valence-corrected chi connectivity index (χ4v) is 2.84. The first kappa shape index (κ1) is 16.0. The van der Waals surface area contributed by atoms with E-state index in [1.54, 1.807) is 0 Å². The van der Waals surface area contributed by atoms with Gasteiger partial charge in [-0.05, 0) is 61.1 Å². The van der Waals surface area contributed by atoms with Crippen molar-refractivity contribution >= 4 is 53.6 Å². The van der Waals surface area contributed by atoms with Crippen LogP contribution >= 0.6 is 47.8 Å². The van der Waals surface area contributed by atoms with Crippen LogP contribution in [0.4, 0.5) is 5.82 Å². The fraction of sp³-hybridized carbons (Fsp3) is 0.385. The minimum absolute atomic E-state index is 0.582. The van der Waals surface area contributed by atoms with E-state index in [2.05, 4.69) is 70.0 Å². The van der Waals surface area contributed by atoms with E-state index in [1.165, 1.54) is 0 Å². The zero-order valence-electron chi connectivity index (χ0n) is 11.1. The molecule has 0 fully saturated rings. The zero-order valence-corrected chi connectivity index (χ0v) is 15.9. The molecule has 0 aliphatic rings. The molecule has 20 heavy (non-hydrogen) atoms. The van der Waals surface area contributed by atoms with E-state index in [0.717, 1.165) is 39.8 Å². The molecular formula is C13H14Br3N3O. The van der Waals surface area contributed by atoms with Gasteiger partial charge in [-0.3, -0.25) is 0 Å². The van der Waals surface area contributed by atoms with Crippen LogP contribution in [-0.4, -0.2) is 16.5 Å². The molecule has 0 saturated heterocycles. The number of hydrogen-bond acceptors (Lipinski definition) is 4. The SMILES string of the molecule is CCCc1nc(-c2cc(Br)c(Br)o2)nc(NCC)c1Br. The number of nitrogens with zero attached hydrogens (tertiary/aromatic N) is 2. The highest BCUT2D eigenvalue weighted by molar-refractivity contribution is 9.13. The number of rotatable bonds is 5. The second-order valence-electron chi connectivity index (χ2n) is 4.17. The van der Waals surface area contributed by atoms with Gasteiger partial charge in [-0.25, -0.2) is 9.97 Å². The molecule has 2 aromatic heterocycles. The van der Waals surface area contributed by atoms with Gasteiger partial charge in [0.2, 0.25) is 0 Å². The lowest BCUT2D eigenvalue weighted by atomic mass is 10.2. The monoisotopic (exact) mass is 465 g/mol. The van der Waals surface area contributed by atoms with Gasteiger partial charge in [0, 0.05) is 12.6 Å². The Morgan fingerprint density at radius 3 is 2.50 bits per heavy atom. The average Bonchev–Trinajstić information content (AvgIpc) is 2.75. The Hall–Kier alpha value is -0.400. The van der Waals surface area contributed by atoms with Crippen LogP contribution in [0.25, 0.3) is 11.6 Å². The molecule has 0 bridgehead atoms. The fourth-order valence-electron chi connectivity index (χ4n) is 1.75. The minimum atomic E-state index is 0.582. The van der Waals surface area contributed by atoms with Crippen LogP contribution in [0.1, 0.15) is 26.0 Å². The predicted octanol–water partition coefficient (Wildman–Crippen LogP) is 5.41. The molecule has 0 saturated carbocycles. The number of aromatic nitrogens is 2. The molecular weight excluding hydrogens is 454 g/mol. The summed E-state index contributed by atoms with van der Waals surface area (Å²) in [5.74, 6) is 2.01. The number of anilines is 1. The van der Waals surface area contributed by atoms with Crippen molar-refractivity contribution in [1.29, 1.82) is 0 Å². The molecule has 7 heteroatoms. The molecule has 4 nitrogen and oxygen atoms in total. The highest BCUT2D eigenvalue weighted by Gasteiger charge is 2.16. The summed E-state index contributed by atoms with van der Waals surface area (Å²) >= 11 is 10.3. The van der Waals surface area contributed by atoms with Crippen molar-refractivity contribution < 1.29 is 4.42 Å². The van der Waals surface area contributed by atoms with Gasteiger partial charge in [-0.1, -0.05) is 13.3 Å². The van der Waals surface area contributed by atoms with Gasteiger partial charge in [0.05, 0.1) is 14.6 Å². The van der Waals surface area contributed by atoms with Crippen LogP contribution in [0.3, 0.4) is 0 Å². The van der Waals surface area contributed by atoms with Gasteiger partial charge in [0.25, 0.3) is 0 Å². The predicted molar refractivity (Wildman–Crippen MR) is 91.0 cm³/mol. The number of aryl methyl sites for hydroxylation is 1. The first-order valence-corrected chi connectivity index (χ1v) is 8.70. The van der Waals surface area contributed by atoms with Crippen LogP contribution in [-0.2, 0) is 6.42 Å². The van der Waals surface area contributed by atoms with Crippen molar-refractivity contribution in [1.82, 2.24) is 9.97 Å². The summed E-state index contributed by atoms with van der Waals surface area (Å²) < 4.78 is 8.02. The smallest absolute Gasteiger partial charge is 0.198 e. The molecule has 0 aromatic carbocycles. The summed E-state index contributed by atoms with van der Waals surface area (Å²) in [6, 6.07) is 1.86. The van der Waals surface area contributed by atoms with Gasteiger partial charge in [-0.2, -0.15) is 0 Å². The molecule has 0 atom stereocenters. The third-order valence-electron chi connectivity index (χ3n) is 2.62. The zero-order chi connectivity index (χ0) is 14.7. The quantitative estimate of drug-likeness (QED) is 0.639. The number of hydrogen-bond donors (Lipinski definition) is 1. The highest BCUT2D eigenvalue weighted by Crippen LogP contribution is 2.33. The Bertz CT molecular complexity index is 566. The first-order chi connectivity index (χ1) is 9.56. The van der Waals surface area contributed by atoms with E-state index in [4.69, 9.17) is 4.42 Å². The Labute approximate surface area is 143 Å². The van der Waals surface area contributed by atoms with Gasteiger partial charge in [-0.15, -0.1) is 0 Å². The summed E-state index contributed by atoms with van der Waals surface area (Å²) in [6.07, 6.45) is 1.91. The third kappa shape index (κ3) is 3.43. The Morgan fingerprint density at radius 1 is 1.20 bits per heavy atom. The number of halogens is 3. The van der Waals surface area contributed by atoms with E-state index in [9.17, 15) is 0 Å². The van der Waals surface area contributed by atoms with E-state index in [-0.39, 0.29) is 0 Å². The minimum Gasteiger partial charge on any atom is -0.445 e. The first-order valence-electron chi connectivity index (χ1n) is 6.32. The largest absolute Gasteiger partial charge is 0.445 e. The van der Waals surface area contributed by atoms with E-state index in [1.807, 2.05) is 13.0 Å². The lowest BCUT2D eigenvalue weighted by Crippen LogP contribution is -2.06. The van der Waals surface area contributed by atoms with Crippen molar-refractivity contribution in [3.8, 4) is 11.6 Å². The maximum atomic E-state index is 5.61. The molecule has 0 amide bonds. The normalized spacial score (nSPS) is 10.8. The van der Waals surface area contributed by atoms with Crippen molar-refractivity contribution in [3.05, 3.63) is 25.4 Å². The van der Waals surface area contributed by atoms with E-state index in [0.29, 0.717) is 16.3 Å². The topological polar surface area (TPSA) is 51.0 Å². The summed E-state index contributed by atoms with van der Waals surface area (Å²) in [6.45, 7) is 4.96. The maximum Gasteiger partial charge on any atom is 0.198 e. The van der Waals surface area contributed by atoms with Gasteiger partial charge < -0.3 is 9.73 Å². The summed E-state index contributed by atoms with van der Waals surface area (Å²) in [5, 5.41) is 3.24. The standard InChI is InChI=1S/C13H14Br3N3O/c1-3-5-8-10(15)13(17-4-2)19-12(18-8)9-6-7(14)11(16)20-9/h6H,3-5H2,1-2H3,(H,17,18,19). The summed E-state index contributed by atoms with van der Waals surface area (Å²) in [4.78, 5) is 9.12. The Balaban J connectivity index is 2.52. The number of nitrogens with one attached hydrogen (secondary N) is 1. The lowest BCUT2D eigenvalue weighted by Gasteiger charge is -2.10. The van der Waals surface area contributed by atoms with Crippen LogP contribution in [0.2, 0.25) is 0 Å². The second-order valence-corrected chi connectivity index (χ2v) is 6.54.